The van der Waals surface area contributed by atoms with E-state index in [1.54, 1.807) is 43.3 Å². The highest BCUT2D eigenvalue weighted by atomic mass is 35.5. The Balaban J connectivity index is 1.83. The molecule has 4 aromatic rings. The number of azo groups is 1. The number of aromatic hydroxyl groups is 1. The Bertz CT molecular complexity index is 1720. The summed E-state index contributed by atoms with van der Waals surface area (Å²) in [4.78, 5) is 12.8. The number of halogens is 2. The van der Waals surface area contributed by atoms with E-state index in [-0.39, 0.29) is 33.9 Å². The second-order valence-corrected chi connectivity index (χ2v) is 10.6. The van der Waals surface area contributed by atoms with Gasteiger partial charge >= 0.3 is 0 Å². The van der Waals surface area contributed by atoms with Gasteiger partial charge in [0.05, 0.1) is 12.2 Å². The van der Waals surface area contributed by atoms with Crippen molar-refractivity contribution < 1.29 is 27.6 Å². The monoisotopic (exact) mass is 587 g/mol. The van der Waals surface area contributed by atoms with Crippen LogP contribution in [0.3, 0.4) is 0 Å². The van der Waals surface area contributed by atoms with Crippen molar-refractivity contribution in [1.82, 2.24) is 0 Å². The molecule has 4 rings (SSSR count). The number of fused-ring (bicyclic) bond motifs is 1. The minimum atomic E-state index is -4.68. The number of nitrogens with one attached hydrogen (secondary N) is 1. The van der Waals surface area contributed by atoms with Crippen molar-refractivity contribution in [3.05, 3.63) is 81.8 Å². The molecule has 202 valence electrons. The Kier molecular flexibility index (Phi) is 8.41. The molecule has 0 aliphatic carbocycles. The summed E-state index contributed by atoms with van der Waals surface area (Å²) in [6.45, 7) is 3.91. The highest BCUT2D eigenvalue weighted by Crippen LogP contribution is 2.41. The molecule has 0 radical (unpaired) electrons. The number of nitrogens with zero attached hydrogens (tertiary/aromatic N) is 2. The molecule has 0 spiro atoms. The van der Waals surface area contributed by atoms with E-state index in [0.717, 1.165) is 0 Å². The average Bonchev–Trinajstić information content (AvgIpc) is 2.86. The number of carbonyl (C=O) groups excluding carboxylic acids is 1. The smallest absolute Gasteiger partial charge is 0.297 e. The molecule has 0 aliphatic rings. The third-order valence-corrected chi connectivity index (χ3v) is 7.11. The molecule has 0 aromatic heterocycles. The average molecular weight is 588 g/mol. The first kappa shape index (κ1) is 28.3. The van der Waals surface area contributed by atoms with Crippen LogP contribution in [0.1, 0.15) is 29.8 Å². The highest BCUT2D eigenvalue weighted by molar-refractivity contribution is 7.86. The van der Waals surface area contributed by atoms with Crippen LogP contribution in [0.15, 0.2) is 75.8 Å². The summed E-state index contributed by atoms with van der Waals surface area (Å²) < 4.78 is 39.6. The van der Waals surface area contributed by atoms with Gasteiger partial charge in [-0.05, 0) is 54.6 Å². The van der Waals surface area contributed by atoms with Crippen LogP contribution in [-0.2, 0) is 16.5 Å². The number of hydrogen-bond acceptors (Lipinski definition) is 7. The van der Waals surface area contributed by atoms with Gasteiger partial charge in [0, 0.05) is 27.2 Å². The van der Waals surface area contributed by atoms with E-state index in [2.05, 4.69) is 15.5 Å². The number of amides is 1. The number of hydrogen-bond donors (Lipinski definition) is 3. The lowest BCUT2D eigenvalue weighted by Crippen LogP contribution is -2.12. The zero-order chi connectivity index (χ0) is 28.3. The van der Waals surface area contributed by atoms with Crippen LogP contribution < -0.4 is 10.1 Å². The molecule has 0 unspecified atom stereocenters. The fourth-order valence-corrected chi connectivity index (χ4v) is 5.41. The summed E-state index contributed by atoms with van der Waals surface area (Å²) in [6, 6.07) is 15.7. The molecule has 0 bridgehead atoms. The van der Waals surface area contributed by atoms with Crippen molar-refractivity contribution in [1.29, 1.82) is 0 Å². The molecule has 39 heavy (non-hydrogen) atoms. The van der Waals surface area contributed by atoms with Crippen LogP contribution in [0, 0.1) is 0 Å². The van der Waals surface area contributed by atoms with Gasteiger partial charge in [-0.15, -0.1) is 10.2 Å². The summed E-state index contributed by atoms with van der Waals surface area (Å²) in [5.74, 6) is -0.692. The first-order valence-electron chi connectivity index (χ1n) is 11.7. The Hall–Kier alpha value is -3.70. The van der Waals surface area contributed by atoms with Crippen molar-refractivity contribution in [2.75, 3.05) is 11.9 Å². The summed E-state index contributed by atoms with van der Waals surface area (Å²) in [5, 5.41) is 23.5. The maximum Gasteiger partial charge on any atom is 0.297 e. The van der Waals surface area contributed by atoms with Crippen molar-refractivity contribution in [2.24, 2.45) is 10.2 Å². The Labute approximate surface area is 234 Å². The fraction of sp³-hybridized carbons (Fsp3) is 0.148. The number of phenols is 1. The Morgan fingerprint density at radius 1 is 1.00 bits per heavy atom. The van der Waals surface area contributed by atoms with Crippen LogP contribution >= 0.6 is 23.2 Å². The van der Waals surface area contributed by atoms with Crippen molar-refractivity contribution in [3.8, 4) is 11.5 Å². The second kappa shape index (κ2) is 11.6. The third kappa shape index (κ3) is 6.31. The molecule has 0 heterocycles. The summed E-state index contributed by atoms with van der Waals surface area (Å²) >= 11 is 12.3. The molecule has 1 amide bonds. The lowest BCUT2D eigenvalue weighted by molar-refractivity contribution is 0.102. The SMILES string of the molecule is CCOc1cc(Cl)cc(NC(=O)c2cc3ccccc3c(N=Nc3cc(Cl)cc(CC)c3S(=O)(=O)O)c2O)c1. The largest absolute Gasteiger partial charge is 0.505 e. The third-order valence-electron chi connectivity index (χ3n) is 5.69. The van der Waals surface area contributed by atoms with E-state index in [1.165, 1.54) is 24.3 Å². The summed E-state index contributed by atoms with van der Waals surface area (Å²) in [7, 11) is -4.68. The van der Waals surface area contributed by atoms with Crippen molar-refractivity contribution >= 4 is 67.1 Å². The minimum absolute atomic E-state index is 0.0846. The van der Waals surface area contributed by atoms with Crippen LogP contribution in [0.2, 0.25) is 10.0 Å². The van der Waals surface area contributed by atoms with Gasteiger partial charge in [-0.1, -0.05) is 54.4 Å². The van der Waals surface area contributed by atoms with E-state index in [9.17, 15) is 22.9 Å². The normalized spacial score (nSPS) is 11.7. The quantitative estimate of drug-likeness (QED) is 0.142. The van der Waals surface area contributed by atoms with Gasteiger partial charge in [0.15, 0.2) is 5.75 Å². The standard InChI is InChI=1S/C27H23Cl2N3O6S/c1-3-15-9-17(28)13-23(26(15)39(35,36)37)31-32-24-21-8-6-5-7-16(21)10-22(25(24)33)27(34)30-19-11-18(29)12-20(14-19)38-4-2/h5-14,33H,3-4H2,1-2H3,(H,30,34)(H,35,36,37). The van der Waals surface area contributed by atoms with Crippen LogP contribution in [0.5, 0.6) is 11.5 Å². The second-order valence-electron chi connectivity index (χ2n) is 8.35. The highest BCUT2D eigenvalue weighted by Gasteiger charge is 2.23. The molecule has 4 aromatic carbocycles. The number of anilines is 1. The lowest BCUT2D eigenvalue weighted by atomic mass is 10.0. The van der Waals surface area contributed by atoms with Gasteiger partial charge in [-0.3, -0.25) is 9.35 Å². The summed E-state index contributed by atoms with van der Waals surface area (Å²) in [5.41, 5.74) is 0.168. The molecule has 12 heteroatoms. The minimum Gasteiger partial charge on any atom is -0.505 e. The predicted molar refractivity (Wildman–Crippen MR) is 151 cm³/mol. The van der Waals surface area contributed by atoms with Crippen molar-refractivity contribution in [2.45, 2.75) is 25.2 Å². The van der Waals surface area contributed by atoms with Gasteiger partial charge in [-0.2, -0.15) is 8.42 Å². The van der Waals surface area contributed by atoms with Gasteiger partial charge in [0.2, 0.25) is 0 Å². The fourth-order valence-electron chi connectivity index (χ4n) is 4.05. The number of rotatable bonds is 8. The van der Waals surface area contributed by atoms with Gasteiger partial charge in [-0.25, -0.2) is 0 Å². The molecule has 9 nitrogen and oxygen atoms in total. The molecular formula is C27H23Cl2N3O6S. The van der Waals surface area contributed by atoms with E-state index in [4.69, 9.17) is 27.9 Å². The first-order valence-corrected chi connectivity index (χ1v) is 13.9. The number of ether oxygens (including phenoxy) is 1. The molecule has 0 fully saturated rings. The molecule has 0 atom stereocenters. The van der Waals surface area contributed by atoms with E-state index >= 15 is 0 Å². The molecule has 0 aliphatic heterocycles. The van der Waals surface area contributed by atoms with E-state index in [1.807, 2.05) is 6.92 Å². The zero-order valence-electron chi connectivity index (χ0n) is 20.8. The first-order chi connectivity index (χ1) is 18.5. The van der Waals surface area contributed by atoms with Crippen LogP contribution in [0.25, 0.3) is 10.8 Å². The van der Waals surface area contributed by atoms with Crippen molar-refractivity contribution in [3.63, 3.8) is 0 Å². The zero-order valence-corrected chi connectivity index (χ0v) is 23.1. The lowest BCUT2D eigenvalue weighted by Gasteiger charge is -2.13. The maximum atomic E-state index is 13.2. The molecule has 0 saturated heterocycles. The van der Waals surface area contributed by atoms with Crippen LogP contribution in [0.4, 0.5) is 17.1 Å². The molecular weight excluding hydrogens is 565 g/mol. The van der Waals surface area contributed by atoms with Gasteiger partial charge in [0.25, 0.3) is 16.0 Å². The molecule has 3 N–H and O–H groups in total. The number of benzene rings is 4. The summed E-state index contributed by atoms with van der Waals surface area (Å²) in [6.07, 6.45) is 0.247. The van der Waals surface area contributed by atoms with Gasteiger partial charge < -0.3 is 15.2 Å². The van der Waals surface area contributed by atoms with Crippen LogP contribution in [-0.4, -0.2) is 30.6 Å². The van der Waals surface area contributed by atoms with E-state index < -0.39 is 26.7 Å². The van der Waals surface area contributed by atoms with E-state index in [0.29, 0.717) is 33.8 Å². The number of phenolic OH excluding ortho intramolecular Hbond substituents is 1. The van der Waals surface area contributed by atoms with Gasteiger partial charge in [0.1, 0.15) is 22.0 Å². The topological polar surface area (TPSA) is 138 Å². The Morgan fingerprint density at radius 2 is 1.72 bits per heavy atom. The predicted octanol–water partition coefficient (Wildman–Crippen LogP) is 7.73. The number of aryl methyl sites for hydroxylation is 1. The Morgan fingerprint density at radius 3 is 2.41 bits per heavy atom. The number of carbonyl (C=O) groups is 1. The maximum absolute atomic E-state index is 13.2. The molecule has 0 saturated carbocycles.